The van der Waals surface area contributed by atoms with Crippen LogP contribution in [0.15, 0.2) is 103 Å². The highest BCUT2D eigenvalue weighted by atomic mass is 79.9. The third kappa shape index (κ3) is 7.97. The number of halogens is 3. The second-order valence-electron chi connectivity index (χ2n) is 9.24. The fourth-order valence-corrected chi connectivity index (χ4v) is 5.58. The average molecular weight is 698 g/mol. The van der Waals surface area contributed by atoms with Gasteiger partial charge in [-0.25, -0.2) is 0 Å². The number of benzene rings is 3. The first-order chi connectivity index (χ1) is 20.8. The number of furan rings is 1. The summed E-state index contributed by atoms with van der Waals surface area (Å²) in [7, 11) is 0. The Kier molecular flexibility index (Phi) is 10.0. The summed E-state index contributed by atoms with van der Waals surface area (Å²) < 4.78 is 12.1. The molecule has 0 bridgehead atoms. The molecule has 3 aromatic carbocycles. The molecule has 0 atom stereocenters. The molecule has 1 N–H and O–H groups in total. The second kappa shape index (κ2) is 14.1. The molecule has 0 unspecified atom stereocenters. The molecule has 5 rings (SSSR count). The smallest absolute Gasteiger partial charge is 0.267 e. The number of anilines is 1. The zero-order chi connectivity index (χ0) is 30.3. The van der Waals surface area contributed by atoms with Gasteiger partial charge in [0.15, 0.2) is 11.8 Å². The van der Waals surface area contributed by atoms with Gasteiger partial charge >= 0.3 is 0 Å². The van der Waals surface area contributed by atoms with Gasteiger partial charge in [-0.15, -0.1) is 5.10 Å². The van der Waals surface area contributed by atoms with Crippen LogP contribution in [0.25, 0.3) is 6.08 Å². The normalized spacial score (nSPS) is 15.2. The highest BCUT2D eigenvalue weighted by Gasteiger charge is 2.34. The number of amidine groups is 1. The van der Waals surface area contributed by atoms with Gasteiger partial charge < -0.3 is 14.5 Å². The molecule has 1 aliphatic rings. The molecule has 2 heterocycles. The van der Waals surface area contributed by atoms with Gasteiger partial charge in [-0.05, 0) is 73.3 Å². The van der Waals surface area contributed by atoms with E-state index in [0.29, 0.717) is 48.4 Å². The van der Waals surface area contributed by atoms with Gasteiger partial charge in [0.25, 0.3) is 11.8 Å². The lowest BCUT2D eigenvalue weighted by atomic mass is 10.2. The SMILES string of the molecule is Cc1ccc(NC(=O)COc2ccc(Br)cc2/C=C2\S/C(=N/N=C\c3cccc(Cl)c3Cl)N(Cc3ccco3)C2=O)cc1. The maximum absolute atomic E-state index is 13.6. The Hall–Kier alpha value is -3.83. The lowest BCUT2D eigenvalue weighted by Crippen LogP contribution is -2.28. The molecule has 218 valence electrons. The van der Waals surface area contributed by atoms with E-state index in [9.17, 15) is 9.59 Å². The number of rotatable bonds is 9. The first kappa shape index (κ1) is 30.6. The van der Waals surface area contributed by atoms with E-state index in [0.717, 1.165) is 21.8 Å². The van der Waals surface area contributed by atoms with Crippen molar-refractivity contribution in [2.45, 2.75) is 13.5 Å². The van der Waals surface area contributed by atoms with Crippen LogP contribution in [-0.2, 0) is 16.1 Å². The molecule has 4 aromatic rings. The Labute approximate surface area is 270 Å². The summed E-state index contributed by atoms with van der Waals surface area (Å²) >= 11 is 17.0. The van der Waals surface area contributed by atoms with Crippen molar-refractivity contribution in [3.63, 3.8) is 0 Å². The van der Waals surface area contributed by atoms with E-state index in [1.54, 1.807) is 54.6 Å². The molecule has 12 heteroatoms. The maximum atomic E-state index is 13.6. The molecule has 0 saturated carbocycles. The topological polar surface area (TPSA) is 96.5 Å². The molecular weight excluding hydrogens is 675 g/mol. The van der Waals surface area contributed by atoms with Gasteiger partial charge in [0.1, 0.15) is 11.5 Å². The fourth-order valence-electron chi connectivity index (χ4n) is 3.92. The van der Waals surface area contributed by atoms with Crippen LogP contribution in [0.1, 0.15) is 22.5 Å². The number of nitrogens with zero attached hydrogens (tertiary/aromatic N) is 3. The van der Waals surface area contributed by atoms with Crippen molar-refractivity contribution in [3.05, 3.63) is 121 Å². The van der Waals surface area contributed by atoms with E-state index >= 15 is 0 Å². The number of hydrogen-bond donors (Lipinski definition) is 1. The summed E-state index contributed by atoms with van der Waals surface area (Å²) in [4.78, 5) is 28.0. The fraction of sp³-hybridized carbons (Fsp3) is 0.0968. The highest BCUT2D eigenvalue weighted by Crippen LogP contribution is 2.36. The van der Waals surface area contributed by atoms with Crippen LogP contribution < -0.4 is 10.1 Å². The van der Waals surface area contributed by atoms with Gasteiger partial charge in [0, 0.05) is 21.3 Å². The van der Waals surface area contributed by atoms with Crippen molar-refractivity contribution in [2.24, 2.45) is 10.2 Å². The van der Waals surface area contributed by atoms with E-state index in [4.69, 9.17) is 32.4 Å². The monoisotopic (exact) mass is 696 g/mol. The zero-order valence-corrected chi connectivity index (χ0v) is 26.5. The van der Waals surface area contributed by atoms with E-state index in [1.807, 2.05) is 31.2 Å². The molecule has 8 nitrogen and oxygen atoms in total. The van der Waals surface area contributed by atoms with Crippen LogP contribution >= 0.6 is 50.9 Å². The lowest BCUT2D eigenvalue weighted by Gasteiger charge is -2.13. The summed E-state index contributed by atoms with van der Waals surface area (Å²) in [5.41, 5.74) is 2.95. The Morgan fingerprint density at radius 2 is 1.91 bits per heavy atom. The molecule has 2 amide bonds. The van der Waals surface area contributed by atoms with E-state index in [-0.39, 0.29) is 25.0 Å². The summed E-state index contributed by atoms with van der Waals surface area (Å²) in [6.45, 7) is 1.91. The van der Waals surface area contributed by atoms with Gasteiger partial charge in [-0.2, -0.15) is 5.10 Å². The van der Waals surface area contributed by atoms with Crippen LogP contribution in [0.2, 0.25) is 10.0 Å². The summed E-state index contributed by atoms with van der Waals surface area (Å²) in [5, 5.41) is 12.4. The number of ether oxygens (including phenoxy) is 1. The molecule has 0 spiro atoms. The van der Waals surface area contributed by atoms with Crippen LogP contribution in [0.3, 0.4) is 0 Å². The molecule has 1 fully saturated rings. The quantitative estimate of drug-likeness (QED) is 0.108. The number of amides is 2. The van der Waals surface area contributed by atoms with Gasteiger partial charge in [-0.1, -0.05) is 69.0 Å². The minimum Gasteiger partial charge on any atom is -0.483 e. The molecule has 1 aliphatic heterocycles. The number of hydrogen-bond acceptors (Lipinski definition) is 7. The molecule has 1 saturated heterocycles. The molecule has 0 aliphatic carbocycles. The van der Waals surface area contributed by atoms with Gasteiger partial charge in [-0.3, -0.25) is 14.5 Å². The Morgan fingerprint density at radius 3 is 2.67 bits per heavy atom. The van der Waals surface area contributed by atoms with E-state index in [1.165, 1.54) is 17.4 Å². The number of nitrogens with one attached hydrogen (secondary N) is 1. The largest absolute Gasteiger partial charge is 0.483 e. The van der Waals surface area contributed by atoms with Crippen molar-refractivity contribution in [3.8, 4) is 5.75 Å². The van der Waals surface area contributed by atoms with Crippen molar-refractivity contribution in [1.82, 2.24) is 4.90 Å². The molecule has 0 radical (unpaired) electrons. The Balaban J connectivity index is 1.38. The summed E-state index contributed by atoms with van der Waals surface area (Å²) in [5.74, 6) is 0.406. The minimum atomic E-state index is -0.312. The second-order valence-corrected chi connectivity index (χ2v) is 11.9. The summed E-state index contributed by atoms with van der Waals surface area (Å²) in [6.07, 6.45) is 4.71. The van der Waals surface area contributed by atoms with Crippen LogP contribution in [-0.4, -0.2) is 34.7 Å². The molecule has 1 aromatic heterocycles. The number of carbonyl (C=O) groups is 2. The first-order valence-electron chi connectivity index (χ1n) is 12.8. The van der Waals surface area contributed by atoms with E-state index < -0.39 is 0 Å². The Bertz CT molecular complexity index is 1740. The third-order valence-electron chi connectivity index (χ3n) is 6.06. The average Bonchev–Trinajstić information content (AvgIpc) is 3.60. The van der Waals surface area contributed by atoms with Crippen molar-refractivity contribution in [2.75, 3.05) is 11.9 Å². The highest BCUT2D eigenvalue weighted by molar-refractivity contribution is 9.10. The van der Waals surface area contributed by atoms with Crippen LogP contribution in [0, 0.1) is 6.92 Å². The zero-order valence-electron chi connectivity index (χ0n) is 22.6. The lowest BCUT2D eigenvalue weighted by molar-refractivity contribution is -0.122. The van der Waals surface area contributed by atoms with Crippen molar-refractivity contribution < 1.29 is 18.7 Å². The molecular formula is C31H23BrCl2N4O4S. The van der Waals surface area contributed by atoms with Gasteiger partial charge in [0.2, 0.25) is 0 Å². The number of aryl methyl sites for hydroxylation is 1. The van der Waals surface area contributed by atoms with Gasteiger partial charge in [0.05, 0.1) is 34.0 Å². The predicted molar refractivity (Wildman–Crippen MR) is 176 cm³/mol. The standard InChI is InChI=1S/C31H23BrCl2N4O4S/c1-19-7-10-23(11-8-19)36-28(39)18-42-26-12-9-22(32)14-21(26)15-27-30(40)38(17-24-5-3-13-41-24)31(43-27)37-35-16-20-4-2-6-25(33)29(20)34/h2-16H,17-18H2,1H3,(H,36,39)/b27-15-,35-16-,37-31+. The van der Waals surface area contributed by atoms with E-state index in [2.05, 4.69) is 31.4 Å². The minimum absolute atomic E-state index is 0.156. The number of thioether (sulfide) groups is 1. The summed E-state index contributed by atoms with van der Waals surface area (Å²) in [6, 6.07) is 21.5. The number of carbonyl (C=O) groups excluding carboxylic acids is 2. The van der Waals surface area contributed by atoms with Crippen LogP contribution in [0.5, 0.6) is 5.75 Å². The first-order valence-corrected chi connectivity index (χ1v) is 15.2. The Morgan fingerprint density at radius 1 is 1.09 bits per heavy atom. The third-order valence-corrected chi connectivity index (χ3v) is 8.38. The predicted octanol–water partition coefficient (Wildman–Crippen LogP) is 8.18. The maximum Gasteiger partial charge on any atom is 0.267 e. The molecule has 43 heavy (non-hydrogen) atoms. The van der Waals surface area contributed by atoms with Crippen LogP contribution in [0.4, 0.5) is 5.69 Å². The van der Waals surface area contributed by atoms with Crippen molar-refractivity contribution >= 4 is 85.9 Å². The van der Waals surface area contributed by atoms with Crippen molar-refractivity contribution in [1.29, 1.82) is 0 Å².